The number of anilines is 1. The Morgan fingerprint density at radius 3 is 2.68 bits per heavy atom. The summed E-state index contributed by atoms with van der Waals surface area (Å²) in [6, 6.07) is 7.67. The fourth-order valence-electron chi connectivity index (χ4n) is 2.56. The number of nitrogens with zero attached hydrogens (tertiary/aromatic N) is 2. The van der Waals surface area contributed by atoms with Crippen LogP contribution in [-0.2, 0) is 10.0 Å². The van der Waals surface area contributed by atoms with Crippen molar-refractivity contribution < 1.29 is 18.3 Å². The van der Waals surface area contributed by atoms with Crippen LogP contribution in [-0.4, -0.2) is 36.5 Å². The van der Waals surface area contributed by atoms with Crippen molar-refractivity contribution in [2.45, 2.75) is 11.8 Å². The largest absolute Gasteiger partial charge is 0.477 e. The minimum atomic E-state index is -3.97. The van der Waals surface area contributed by atoms with E-state index in [-0.39, 0.29) is 15.7 Å². The van der Waals surface area contributed by atoms with Gasteiger partial charge in [0.1, 0.15) is 15.7 Å². The van der Waals surface area contributed by atoms with Crippen LogP contribution < -0.4 is 4.31 Å². The van der Waals surface area contributed by atoms with E-state index in [9.17, 15) is 18.3 Å². The first kappa shape index (κ1) is 17.2. The smallest absolute Gasteiger partial charge is 0.352 e. The zero-order valence-electron chi connectivity index (χ0n) is 13.3. The number of aromatic nitrogens is 2. The standard InChI is InChI=1S/C16H14ClN3O4S/c1-9-5-6-12(14-10(9)8-11(19-14)16(21)22)20(2)25(23,24)13-4-3-7-18-15(13)17/h3-8,19H,1-2H3,(H,21,22). The Morgan fingerprint density at radius 2 is 2.04 bits per heavy atom. The molecule has 0 radical (unpaired) electrons. The van der Waals surface area contributed by atoms with Gasteiger partial charge in [-0.05, 0) is 36.8 Å². The normalized spacial score (nSPS) is 11.6. The van der Waals surface area contributed by atoms with Gasteiger partial charge >= 0.3 is 5.97 Å². The number of fused-ring (bicyclic) bond motifs is 1. The molecular formula is C16H14ClN3O4S. The summed E-state index contributed by atoms with van der Waals surface area (Å²) < 4.78 is 26.8. The van der Waals surface area contributed by atoms with Gasteiger partial charge in [-0.15, -0.1) is 0 Å². The molecule has 7 nitrogen and oxygen atoms in total. The number of hydrogen-bond acceptors (Lipinski definition) is 4. The van der Waals surface area contributed by atoms with Crippen molar-refractivity contribution in [3.05, 3.63) is 52.9 Å². The van der Waals surface area contributed by atoms with E-state index < -0.39 is 16.0 Å². The zero-order valence-corrected chi connectivity index (χ0v) is 14.9. The highest BCUT2D eigenvalue weighted by Crippen LogP contribution is 2.33. The Hall–Kier alpha value is -2.58. The molecule has 1 aromatic carbocycles. The summed E-state index contributed by atoms with van der Waals surface area (Å²) in [7, 11) is -2.59. The Balaban J connectivity index is 2.21. The first-order valence-corrected chi connectivity index (χ1v) is 9.00. The second-order valence-electron chi connectivity index (χ2n) is 5.44. The quantitative estimate of drug-likeness (QED) is 0.678. The summed E-state index contributed by atoms with van der Waals surface area (Å²) in [5.74, 6) is -1.12. The van der Waals surface area contributed by atoms with E-state index >= 15 is 0 Å². The number of aryl methyl sites for hydroxylation is 1. The van der Waals surface area contributed by atoms with E-state index in [4.69, 9.17) is 11.6 Å². The molecule has 0 aliphatic rings. The predicted molar refractivity (Wildman–Crippen MR) is 94.8 cm³/mol. The Kier molecular flexibility index (Phi) is 4.18. The summed E-state index contributed by atoms with van der Waals surface area (Å²) in [6.07, 6.45) is 1.40. The molecule has 130 valence electrons. The summed E-state index contributed by atoms with van der Waals surface area (Å²) in [5, 5.41) is 9.70. The number of aromatic carboxylic acids is 1. The van der Waals surface area contributed by atoms with Crippen molar-refractivity contribution >= 4 is 44.2 Å². The van der Waals surface area contributed by atoms with Crippen LogP contribution >= 0.6 is 11.6 Å². The van der Waals surface area contributed by atoms with Crippen LogP contribution in [0.2, 0.25) is 5.15 Å². The number of aromatic amines is 1. The fourth-order valence-corrected chi connectivity index (χ4v) is 4.20. The molecule has 25 heavy (non-hydrogen) atoms. The number of pyridine rings is 1. The Bertz CT molecular complexity index is 1090. The van der Waals surface area contributed by atoms with Gasteiger partial charge in [-0.3, -0.25) is 4.31 Å². The van der Waals surface area contributed by atoms with Gasteiger partial charge in [-0.25, -0.2) is 18.2 Å². The van der Waals surface area contributed by atoms with E-state index in [1.165, 1.54) is 31.4 Å². The van der Waals surface area contributed by atoms with Crippen molar-refractivity contribution in [3.63, 3.8) is 0 Å². The third-order valence-corrected chi connectivity index (χ3v) is 6.14. The minimum Gasteiger partial charge on any atom is -0.477 e. The second kappa shape index (κ2) is 6.05. The molecule has 0 bridgehead atoms. The minimum absolute atomic E-state index is 0.0178. The van der Waals surface area contributed by atoms with Crippen molar-refractivity contribution in [3.8, 4) is 0 Å². The van der Waals surface area contributed by atoms with Gasteiger partial charge in [0.25, 0.3) is 10.0 Å². The SMILES string of the molecule is Cc1ccc(N(C)S(=O)(=O)c2cccnc2Cl)c2[nH]c(C(=O)O)cc12. The summed E-state index contributed by atoms with van der Waals surface area (Å²) >= 11 is 5.93. The second-order valence-corrected chi connectivity index (χ2v) is 7.74. The molecule has 9 heteroatoms. The molecule has 2 aromatic heterocycles. The maximum Gasteiger partial charge on any atom is 0.352 e. The molecule has 2 N–H and O–H groups in total. The first-order chi connectivity index (χ1) is 11.7. The van der Waals surface area contributed by atoms with Crippen molar-refractivity contribution in [1.29, 1.82) is 0 Å². The van der Waals surface area contributed by atoms with E-state index in [0.29, 0.717) is 16.6 Å². The number of carbonyl (C=O) groups is 1. The van der Waals surface area contributed by atoms with E-state index in [2.05, 4.69) is 9.97 Å². The maximum atomic E-state index is 12.9. The monoisotopic (exact) mass is 379 g/mol. The first-order valence-electron chi connectivity index (χ1n) is 7.18. The topological polar surface area (TPSA) is 103 Å². The van der Waals surface area contributed by atoms with Gasteiger partial charge in [-0.2, -0.15) is 0 Å². The number of carboxylic acids is 1. The number of sulfonamides is 1. The van der Waals surface area contributed by atoms with Gasteiger partial charge in [0.2, 0.25) is 0 Å². The van der Waals surface area contributed by atoms with Crippen LogP contribution in [0.4, 0.5) is 5.69 Å². The predicted octanol–water partition coefficient (Wildman–Crippen LogP) is 3.05. The number of nitrogens with one attached hydrogen (secondary N) is 1. The van der Waals surface area contributed by atoms with Crippen LogP contribution in [0, 0.1) is 6.92 Å². The molecule has 0 aliphatic heterocycles. The summed E-state index contributed by atoms with van der Waals surface area (Å²) in [5.41, 5.74) is 1.54. The number of rotatable bonds is 4. The number of H-pyrrole nitrogens is 1. The summed E-state index contributed by atoms with van der Waals surface area (Å²) in [6.45, 7) is 1.82. The van der Waals surface area contributed by atoms with Crippen molar-refractivity contribution in [1.82, 2.24) is 9.97 Å². The van der Waals surface area contributed by atoms with Crippen molar-refractivity contribution in [2.75, 3.05) is 11.4 Å². The highest BCUT2D eigenvalue weighted by Gasteiger charge is 2.26. The Labute approximate surface area is 148 Å². The molecule has 0 saturated carbocycles. The molecule has 0 spiro atoms. The molecule has 0 aliphatic carbocycles. The zero-order chi connectivity index (χ0) is 18.4. The number of hydrogen-bond donors (Lipinski definition) is 2. The fraction of sp³-hybridized carbons (Fsp3) is 0.125. The lowest BCUT2D eigenvalue weighted by Crippen LogP contribution is -2.27. The number of benzene rings is 1. The molecule has 0 fully saturated rings. The molecular weight excluding hydrogens is 366 g/mol. The lowest BCUT2D eigenvalue weighted by molar-refractivity contribution is 0.0691. The van der Waals surface area contributed by atoms with E-state index in [0.717, 1.165) is 9.87 Å². The van der Waals surface area contributed by atoms with Gasteiger partial charge in [0, 0.05) is 18.6 Å². The van der Waals surface area contributed by atoms with Gasteiger partial charge < -0.3 is 10.1 Å². The average molecular weight is 380 g/mol. The van der Waals surface area contributed by atoms with Crippen LogP contribution in [0.25, 0.3) is 10.9 Å². The lowest BCUT2D eigenvalue weighted by atomic mass is 10.1. The van der Waals surface area contributed by atoms with Crippen LogP contribution in [0.5, 0.6) is 0 Å². The Morgan fingerprint density at radius 1 is 1.32 bits per heavy atom. The highest BCUT2D eigenvalue weighted by atomic mass is 35.5. The maximum absolute atomic E-state index is 12.9. The van der Waals surface area contributed by atoms with Gasteiger partial charge in [0.15, 0.2) is 0 Å². The lowest BCUT2D eigenvalue weighted by Gasteiger charge is -2.21. The molecule has 0 unspecified atom stereocenters. The third kappa shape index (κ3) is 2.83. The molecule has 0 saturated heterocycles. The van der Waals surface area contributed by atoms with Crippen LogP contribution in [0.3, 0.4) is 0 Å². The van der Waals surface area contributed by atoms with Gasteiger partial charge in [0.05, 0.1) is 11.2 Å². The van der Waals surface area contributed by atoms with E-state index in [1.807, 2.05) is 6.92 Å². The van der Waals surface area contributed by atoms with Crippen molar-refractivity contribution in [2.24, 2.45) is 0 Å². The molecule has 0 amide bonds. The van der Waals surface area contributed by atoms with E-state index in [1.54, 1.807) is 12.1 Å². The average Bonchev–Trinajstić information content (AvgIpc) is 3.01. The third-order valence-electron chi connectivity index (χ3n) is 3.92. The molecule has 2 heterocycles. The number of carboxylic acid groups (broad SMARTS) is 1. The highest BCUT2D eigenvalue weighted by molar-refractivity contribution is 7.93. The summed E-state index contributed by atoms with van der Waals surface area (Å²) in [4.78, 5) is 17.7. The molecule has 3 aromatic rings. The van der Waals surface area contributed by atoms with Crippen LogP contribution in [0.1, 0.15) is 16.1 Å². The molecule has 3 rings (SSSR count). The van der Waals surface area contributed by atoms with Gasteiger partial charge in [-0.1, -0.05) is 17.7 Å². The molecule has 0 atom stereocenters. The van der Waals surface area contributed by atoms with Crippen LogP contribution in [0.15, 0.2) is 41.4 Å². The number of halogens is 1.